The van der Waals surface area contributed by atoms with Crippen molar-refractivity contribution in [3.8, 4) is 0 Å². The average Bonchev–Trinajstić information content (AvgIpc) is 2.75. The van der Waals surface area contributed by atoms with Gasteiger partial charge in [0.1, 0.15) is 4.60 Å². The summed E-state index contributed by atoms with van der Waals surface area (Å²) in [5.41, 5.74) is 0.598. The molecule has 2 aromatic heterocycles. The summed E-state index contributed by atoms with van der Waals surface area (Å²) in [7, 11) is 0. The number of halogens is 2. The lowest BCUT2D eigenvalue weighted by Gasteiger charge is -2.04. The smallest absolute Gasteiger partial charge is 0.251 e. The second-order valence-electron chi connectivity index (χ2n) is 3.58. The molecule has 2 rings (SSSR count). The molecule has 0 aliphatic rings. The number of pyridine rings is 1. The van der Waals surface area contributed by atoms with Crippen molar-refractivity contribution < 1.29 is 4.79 Å². The van der Waals surface area contributed by atoms with Gasteiger partial charge in [0.2, 0.25) is 0 Å². The van der Waals surface area contributed by atoms with Crippen LogP contribution in [0, 0.1) is 0 Å². The molecule has 0 aliphatic heterocycles. The molecular formula is C12H10BrClN2OS. The minimum atomic E-state index is -0.0965. The monoisotopic (exact) mass is 344 g/mol. The van der Waals surface area contributed by atoms with Crippen molar-refractivity contribution in [1.29, 1.82) is 0 Å². The van der Waals surface area contributed by atoms with Crippen LogP contribution in [-0.2, 0) is 6.42 Å². The van der Waals surface area contributed by atoms with Crippen LogP contribution < -0.4 is 5.32 Å². The lowest BCUT2D eigenvalue weighted by atomic mass is 10.2. The minimum Gasteiger partial charge on any atom is -0.352 e. The Bertz CT molecular complexity index is 559. The number of hydrogen-bond acceptors (Lipinski definition) is 3. The van der Waals surface area contributed by atoms with Crippen molar-refractivity contribution in [2.75, 3.05) is 6.54 Å². The Kier molecular flexibility index (Phi) is 4.74. The molecule has 1 N–H and O–H groups in total. The number of nitrogens with zero attached hydrogens (tertiary/aromatic N) is 1. The lowest BCUT2D eigenvalue weighted by molar-refractivity contribution is 0.0954. The number of amides is 1. The quantitative estimate of drug-likeness (QED) is 0.861. The zero-order chi connectivity index (χ0) is 13.0. The van der Waals surface area contributed by atoms with Crippen molar-refractivity contribution in [2.24, 2.45) is 0 Å². The fraction of sp³-hybridized carbons (Fsp3) is 0.167. The van der Waals surface area contributed by atoms with Gasteiger partial charge in [-0.1, -0.05) is 11.6 Å². The van der Waals surface area contributed by atoms with E-state index in [2.05, 4.69) is 26.2 Å². The van der Waals surface area contributed by atoms with Crippen LogP contribution in [0.2, 0.25) is 4.34 Å². The summed E-state index contributed by atoms with van der Waals surface area (Å²) in [4.78, 5) is 16.9. The molecule has 0 fully saturated rings. The summed E-state index contributed by atoms with van der Waals surface area (Å²) >= 11 is 10.6. The number of carbonyl (C=O) groups excluding carboxylic acids is 1. The van der Waals surface area contributed by atoms with Crippen molar-refractivity contribution in [1.82, 2.24) is 10.3 Å². The number of thiophene rings is 1. The first-order chi connectivity index (χ1) is 8.65. The van der Waals surface area contributed by atoms with E-state index in [4.69, 9.17) is 11.6 Å². The van der Waals surface area contributed by atoms with Gasteiger partial charge in [-0.2, -0.15) is 0 Å². The van der Waals surface area contributed by atoms with Crippen LogP contribution in [-0.4, -0.2) is 17.4 Å². The first-order valence-corrected chi connectivity index (χ1v) is 7.28. The summed E-state index contributed by atoms with van der Waals surface area (Å²) in [5, 5.41) is 2.86. The van der Waals surface area contributed by atoms with Gasteiger partial charge in [0.25, 0.3) is 5.91 Å². The number of carbonyl (C=O) groups is 1. The van der Waals surface area contributed by atoms with E-state index in [1.165, 1.54) is 11.3 Å². The first-order valence-electron chi connectivity index (χ1n) is 5.29. The third kappa shape index (κ3) is 3.80. The van der Waals surface area contributed by atoms with Gasteiger partial charge in [-0.3, -0.25) is 4.79 Å². The molecule has 3 nitrogen and oxygen atoms in total. The van der Waals surface area contributed by atoms with Crippen molar-refractivity contribution in [3.05, 3.63) is 49.8 Å². The molecule has 6 heteroatoms. The predicted molar refractivity (Wildman–Crippen MR) is 77.3 cm³/mol. The summed E-state index contributed by atoms with van der Waals surface area (Å²) in [6, 6.07) is 7.21. The van der Waals surface area contributed by atoms with Crippen LogP contribution in [0.4, 0.5) is 0 Å². The number of rotatable bonds is 4. The summed E-state index contributed by atoms with van der Waals surface area (Å²) in [6.07, 6.45) is 2.38. The molecule has 18 heavy (non-hydrogen) atoms. The fourth-order valence-corrected chi connectivity index (χ4v) is 2.88. The van der Waals surface area contributed by atoms with E-state index in [-0.39, 0.29) is 5.91 Å². The first kappa shape index (κ1) is 13.5. The molecule has 0 atom stereocenters. The third-order valence-electron chi connectivity index (χ3n) is 2.27. The molecule has 0 bridgehead atoms. The van der Waals surface area contributed by atoms with Crippen molar-refractivity contribution in [3.63, 3.8) is 0 Å². The predicted octanol–water partition coefficient (Wildman–Crippen LogP) is 3.53. The second kappa shape index (κ2) is 6.31. The highest BCUT2D eigenvalue weighted by Gasteiger charge is 2.06. The second-order valence-corrected chi connectivity index (χ2v) is 6.19. The Labute approximate surface area is 122 Å². The van der Waals surface area contributed by atoms with E-state index in [0.29, 0.717) is 16.7 Å². The van der Waals surface area contributed by atoms with Crippen molar-refractivity contribution in [2.45, 2.75) is 6.42 Å². The van der Waals surface area contributed by atoms with E-state index >= 15 is 0 Å². The van der Waals surface area contributed by atoms with E-state index in [9.17, 15) is 4.79 Å². The molecule has 0 aliphatic carbocycles. The van der Waals surface area contributed by atoms with Gasteiger partial charge < -0.3 is 5.32 Å². The highest BCUT2D eigenvalue weighted by atomic mass is 79.9. The van der Waals surface area contributed by atoms with Gasteiger partial charge in [0.15, 0.2) is 0 Å². The topological polar surface area (TPSA) is 42.0 Å². The molecule has 0 spiro atoms. The maximum Gasteiger partial charge on any atom is 0.251 e. The Morgan fingerprint density at radius 2 is 2.28 bits per heavy atom. The zero-order valence-corrected chi connectivity index (χ0v) is 12.5. The van der Waals surface area contributed by atoms with E-state index in [0.717, 1.165) is 15.6 Å². The van der Waals surface area contributed by atoms with Gasteiger partial charge >= 0.3 is 0 Å². The standard InChI is InChI=1S/C12H10BrClN2OS/c13-10-7-8(3-5-15-10)12(17)16-6-4-9-1-2-11(14)18-9/h1-3,5,7H,4,6H2,(H,16,17). The molecule has 0 radical (unpaired) electrons. The molecule has 0 saturated carbocycles. The molecule has 2 aromatic rings. The van der Waals surface area contributed by atoms with Crippen LogP contribution in [0.1, 0.15) is 15.2 Å². The maximum absolute atomic E-state index is 11.8. The SMILES string of the molecule is O=C(NCCc1ccc(Cl)s1)c1ccnc(Br)c1. The lowest BCUT2D eigenvalue weighted by Crippen LogP contribution is -2.25. The van der Waals surface area contributed by atoms with Crippen molar-refractivity contribution >= 4 is 44.8 Å². The Hall–Kier alpha value is -0.910. The van der Waals surface area contributed by atoms with E-state index in [1.807, 2.05) is 12.1 Å². The van der Waals surface area contributed by atoms with Crippen LogP contribution in [0.5, 0.6) is 0 Å². The van der Waals surface area contributed by atoms with Gasteiger partial charge in [-0.15, -0.1) is 11.3 Å². The van der Waals surface area contributed by atoms with E-state index < -0.39 is 0 Å². The highest BCUT2D eigenvalue weighted by Crippen LogP contribution is 2.21. The Balaban J connectivity index is 1.85. The fourth-order valence-electron chi connectivity index (χ4n) is 1.43. The van der Waals surface area contributed by atoms with E-state index in [1.54, 1.807) is 18.3 Å². The minimum absolute atomic E-state index is 0.0965. The average molecular weight is 346 g/mol. The molecule has 94 valence electrons. The Morgan fingerprint density at radius 1 is 1.44 bits per heavy atom. The molecule has 0 saturated heterocycles. The van der Waals surface area contributed by atoms with Gasteiger partial charge in [-0.05, 0) is 46.6 Å². The largest absolute Gasteiger partial charge is 0.352 e. The summed E-state index contributed by atoms with van der Waals surface area (Å²) < 4.78 is 1.43. The van der Waals surface area contributed by atoms with Gasteiger partial charge in [0, 0.05) is 23.2 Å². The third-order valence-corrected chi connectivity index (χ3v) is 4.00. The van der Waals surface area contributed by atoms with Crippen LogP contribution in [0.15, 0.2) is 35.1 Å². The van der Waals surface area contributed by atoms with Gasteiger partial charge in [0.05, 0.1) is 4.34 Å². The maximum atomic E-state index is 11.8. The number of hydrogen-bond donors (Lipinski definition) is 1. The Morgan fingerprint density at radius 3 is 2.94 bits per heavy atom. The number of nitrogens with one attached hydrogen (secondary N) is 1. The summed E-state index contributed by atoms with van der Waals surface area (Å²) in [5.74, 6) is -0.0965. The molecule has 2 heterocycles. The highest BCUT2D eigenvalue weighted by molar-refractivity contribution is 9.10. The molecule has 0 aromatic carbocycles. The zero-order valence-electron chi connectivity index (χ0n) is 9.32. The van der Waals surface area contributed by atoms with Crippen LogP contribution in [0.25, 0.3) is 0 Å². The molecule has 0 unspecified atom stereocenters. The molecular weight excluding hydrogens is 336 g/mol. The van der Waals surface area contributed by atoms with Crippen LogP contribution >= 0.6 is 38.9 Å². The van der Waals surface area contributed by atoms with Crippen LogP contribution in [0.3, 0.4) is 0 Å². The normalized spacial score (nSPS) is 10.3. The molecule has 1 amide bonds. The summed E-state index contributed by atoms with van der Waals surface area (Å²) in [6.45, 7) is 0.593. The van der Waals surface area contributed by atoms with Gasteiger partial charge in [-0.25, -0.2) is 4.98 Å². The number of aromatic nitrogens is 1.